The Labute approximate surface area is 105 Å². The van der Waals surface area contributed by atoms with Gasteiger partial charge in [-0.25, -0.2) is 8.42 Å². The predicted molar refractivity (Wildman–Crippen MR) is 60.0 cm³/mol. The van der Waals surface area contributed by atoms with Crippen molar-refractivity contribution in [1.29, 1.82) is 0 Å². The highest BCUT2D eigenvalue weighted by Crippen LogP contribution is 2.01. The third-order valence-electron chi connectivity index (χ3n) is 1.92. The molecule has 1 rings (SSSR count). The summed E-state index contributed by atoms with van der Waals surface area (Å²) in [6, 6.07) is 3.32. The minimum absolute atomic E-state index is 0.0249. The van der Waals surface area contributed by atoms with Crippen LogP contribution in [0.15, 0.2) is 18.3 Å². The summed E-state index contributed by atoms with van der Waals surface area (Å²) in [6.07, 6.45) is 1.72. The SMILES string of the molecule is CC(=O)c1cc[n+](C)c(C(C)=O)c1.O=S(=O)([O-])O. The molecule has 0 atom stereocenters. The molecule has 0 radical (unpaired) electrons. The van der Waals surface area contributed by atoms with E-state index in [1.165, 1.54) is 13.8 Å². The van der Waals surface area contributed by atoms with Crippen LogP contribution in [-0.2, 0) is 17.4 Å². The maximum absolute atomic E-state index is 11.1. The third kappa shape index (κ3) is 6.84. The van der Waals surface area contributed by atoms with Crippen LogP contribution in [-0.4, -0.2) is 29.1 Å². The largest absolute Gasteiger partial charge is 0.726 e. The fourth-order valence-corrected chi connectivity index (χ4v) is 1.14. The minimum Gasteiger partial charge on any atom is -0.726 e. The normalized spacial score (nSPS) is 10.3. The van der Waals surface area contributed by atoms with Gasteiger partial charge in [0.2, 0.25) is 21.9 Å². The first-order valence-corrected chi connectivity index (χ1v) is 6.08. The molecule has 0 bridgehead atoms. The average molecular weight is 275 g/mol. The number of aromatic nitrogens is 1. The Hall–Kier alpha value is -1.64. The van der Waals surface area contributed by atoms with E-state index in [9.17, 15) is 9.59 Å². The molecular weight excluding hydrogens is 262 g/mol. The maximum Gasteiger partial charge on any atom is 0.248 e. The van der Waals surface area contributed by atoms with Gasteiger partial charge in [0.25, 0.3) is 0 Å². The zero-order valence-corrected chi connectivity index (χ0v) is 10.9. The summed E-state index contributed by atoms with van der Waals surface area (Å²) in [5.41, 5.74) is 1.12. The Bertz CT molecular complexity index is 556. The standard InChI is InChI=1S/C10H12NO2.H2O4S/c1-7(12)9-4-5-11(3)10(6-9)8(2)13;1-5(2,3)4/h4-6H,1-3H3;(H2,1,2,3,4)/q+1;/p-1. The van der Waals surface area contributed by atoms with Gasteiger partial charge in [0.15, 0.2) is 12.0 Å². The highest BCUT2D eigenvalue weighted by molar-refractivity contribution is 7.79. The molecular formula is C10H13NO6S. The van der Waals surface area contributed by atoms with E-state index in [0.29, 0.717) is 11.3 Å². The minimum atomic E-state index is -4.92. The van der Waals surface area contributed by atoms with Gasteiger partial charge in [0.05, 0.1) is 0 Å². The maximum atomic E-state index is 11.1. The number of Topliss-reactive ketones (excluding diaryl/α,β-unsaturated/α-hetero) is 2. The molecule has 8 heteroatoms. The van der Waals surface area contributed by atoms with Crippen molar-refractivity contribution in [3.8, 4) is 0 Å². The molecule has 0 amide bonds. The Morgan fingerprint density at radius 2 is 1.72 bits per heavy atom. The van der Waals surface area contributed by atoms with Crippen molar-refractivity contribution in [2.75, 3.05) is 0 Å². The van der Waals surface area contributed by atoms with Gasteiger partial charge in [0.1, 0.15) is 7.05 Å². The molecule has 1 heterocycles. The van der Waals surface area contributed by atoms with Crippen molar-refractivity contribution in [2.45, 2.75) is 13.8 Å². The van der Waals surface area contributed by atoms with Crippen molar-refractivity contribution < 1.29 is 31.7 Å². The van der Waals surface area contributed by atoms with E-state index in [1.54, 1.807) is 29.9 Å². The smallest absolute Gasteiger partial charge is 0.248 e. The van der Waals surface area contributed by atoms with E-state index in [2.05, 4.69) is 0 Å². The molecule has 0 aliphatic carbocycles. The molecule has 0 fully saturated rings. The van der Waals surface area contributed by atoms with Crippen molar-refractivity contribution >= 4 is 22.0 Å². The molecule has 1 aromatic heterocycles. The summed E-state index contributed by atoms with van der Waals surface area (Å²) in [5, 5.41) is 0. The molecule has 0 saturated carbocycles. The molecule has 7 nitrogen and oxygen atoms in total. The Morgan fingerprint density at radius 1 is 1.28 bits per heavy atom. The highest BCUT2D eigenvalue weighted by Gasteiger charge is 2.13. The van der Waals surface area contributed by atoms with Crippen LogP contribution in [0.2, 0.25) is 0 Å². The van der Waals surface area contributed by atoms with Crippen LogP contribution in [0.1, 0.15) is 34.7 Å². The molecule has 0 unspecified atom stereocenters. The van der Waals surface area contributed by atoms with Crippen LogP contribution in [0.25, 0.3) is 0 Å². The summed E-state index contributed by atoms with van der Waals surface area (Å²) in [6.45, 7) is 2.97. The summed E-state index contributed by atoms with van der Waals surface area (Å²) < 4.78 is 34.5. The van der Waals surface area contributed by atoms with E-state index in [4.69, 9.17) is 17.5 Å². The van der Waals surface area contributed by atoms with Gasteiger partial charge in [-0.3, -0.25) is 14.1 Å². The first kappa shape index (κ1) is 16.4. The summed E-state index contributed by atoms with van der Waals surface area (Å²) >= 11 is 0. The third-order valence-corrected chi connectivity index (χ3v) is 1.92. The molecule has 0 aromatic carbocycles. The van der Waals surface area contributed by atoms with Crippen LogP contribution in [0.3, 0.4) is 0 Å². The number of ketones is 2. The number of carbonyl (C=O) groups excluding carboxylic acids is 2. The van der Waals surface area contributed by atoms with E-state index in [0.717, 1.165) is 0 Å². The lowest BCUT2D eigenvalue weighted by molar-refractivity contribution is -0.673. The molecule has 100 valence electrons. The lowest BCUT2D eigenvalue weighted by Crippen LogP contribution is -2.35. The summed E-state index contributed by atoms with van der Waals surface area (Å²) in [5.74, 6) is -0.0614. The number of hydrogen-bond acceptors (Lipinski definition) is 5. The summed E-state index contributed by atoms with van der Waals surface area (Å²) in [7, 11) is -3.14. The summed E-state index contributed by atoms with van der Waals surface area (Å²) in [4.78, 5) is 22.1. The number of nitrogens with zero attached hydrogens (tertiary/aromatic N) is 1. The van der Waals surface area contributed by atoms with E-state index in [-0.39, 0.29) is 11.6 Å². The Balaban J connectivity index is 0.000000494. The predicted octanol–water partition coefficient (Wildman–Crippen LogP) is -0.0791. The van der Waals surface area contributed by atoms with Gasteiger partial charge < -0.3 is 4.55 Å². The van der Waals surface area contributed by atoms with Gasteiger partial charge in [-0.15, -0.1) is 0 Å². The fourth-order valence-electron chi connectivity index (χ4n) is 1.14. The van der Waals surface area contributed by atoms with Crippen molar-refractivity contribution in [2.24, 2.45) is 7.05 Å². The van der Waals surface area contributed by atoms with Crippen LogP contribution < -0.4 is 4.57 Å². The number of hydrogen-bond donors (Lipinski definition) is 1. The fraction of sp³-hybridized carbons (Fsp3) is 0.300. The average Bonchev–Trinajstić information content (AvgIpc) is 2.14. The number of carbonyl (C=O) groups is 2. The quantitative estimate of drug-likeness (QED) is 0.349. The second-order valence-corrected chi connectivity index (χ2v) is 4.31. The first-order valence-electron chi connectivity index (χ1n) is 4.72. The number of pyridine rings is 1. The van der Waals surface area contributed by atoms with Gasteiger partial charge >= 0.3 is 0 Å². The molecule has 0 spiro atoms. The second-order valence-electron chi connectivity index (χ2n) is 3.45. The van der Waals surface area contributed by atoms with Crippen molar-refractivity contribution in [3.63, 3.8) is 0 Å². The lowest BCUT2D eigenvalue weighted by Gasteiger charge is -1.97. The lowest BCUT2D eigenvalue weighted by atomic mass is 10.1. The molecule has 18 heavy (non-hydrogen) atoms. The topological polar surface area (TPSA) is 115 Å². The Kier molecular flexibility index (Phi) is 5.76. The van der Waals surface area contributed by atoms with Crippen LogP contribution in [0.5, 0.6) is 0 Å². The molecule has 1 N–H and O–H groups in total. The first-order chi connectivity index (χ1) is 8.02. The van der Waals surface area contributed by atoms with E-state index >= 15 is 0 Å². The molecule has 0 aliphatic heterocycles. The van der Waals surface area contributed by atoms with Crippen LogP contribution in [0, 0.1) is 0 Å². The van der Waals surface area contributed by atoms with Gasteiger partial charge in [0, 0.05) is 24.6 Å². The highest BCUT2D eigenvalue weighted by atomic mass is 32.3. The van der Waals surface area contributed by atoms with Crippen LogP contribution in [0.4, 0.5) is 0 Å². The van der Waals surface area contributed by atoms with Gasteiger partial charge in [-0.2, -0.15) is 4.57 Å². The van der Waals surface area contributed by atoms with E-state index in [1.807, 2.05) is 0 Å². The molecule has 1 aromatic rings. The zero-order valence-electron chi connectivity index (χ0n) is 10.1. The van der Waals surface area contributed by atoms with Crippen molar-refractivity contribution in [3.05, 3.63) is 29.6 Å². The van der Waals surface area contributed by atoms with E-state index < -0.39 is 10.4 Å². The monoisotopic (exact) mass is 275 g/mol. The Morgan fingerprint density at radius 3 is 2.06 bits per heavy atom. The number of aryl methyl sites for hydroxylation is 1. The van der Waals surface area contributed by atoms with Crippen LogP contribution >= 0.6 is 0 Å². The van der Waals surface area contributed by atoms with Crippen molar-refractivity contribution in [1.82, 2.24) is 0 Å². The van der Waals surface area contributed by atoms with Gasteiger partial charge in [-0.1, -0.05) is 0 Å². The molecule has 0 aliphatic rings. The number of rotatable bonds is 2. The molecule has 0 saturated heterocycles. The second kappa shape index (κ2) is 6.34. The van der Waals surface area contributed by atoms with Gasteiger partial charge in [-0.05, 0) is 6.92 Å². The zero-order chi connectivity index (χ0) is 14.5.